The van der Waals surface area contributed by atoms with Crippen LogP contribution in [0.5, 0.6) is 0 Å². The van der Waals surface area contributed by atoms with Gasteiger partial charge in [-0.25, -0.2) is 50.6 Å². The summed E-state index contributed by atoms with van der Waals surface area (Å²) in [5.41, 5.74) is 5.40. The van der Waals surface area contributed by atoms with Crippen LogP contribution in [0.3, 0.4) is 0 Å². The highest BCUT2D eigenvalue weighted by Gasteiger charge is 2.35. The van der Waals surface area contributed by atoms with E-state index < -0.39 is 55.5 Å². The summed E-state index contributed by atoms with van der Waals surface area (Å²) < 4.78 is 76.1. The predicted octanol–water partition coefficient (Wildman–Crippen LogP) is 13.6. The number of anilines is 4. The average molecular weight is 1270 g/mol. The van der Waals surface area contributed by atoms with Crippen LogP contribution in [-0.4, -0.2) is 98.8 Å². The van der Waals surface area contributed by atoms with Crippen LogP contribution >= 0.6 is 22.7 Å². The molecule has 6 N–H and O–H groups in total. The summed E-state index contributed by atoms with van der Waals surface area (Å²) in [7, 11) is -7.93. The molecule has 3 amide bonds. The van der Waals surface area contributed by atoms with Gasteiger partial charge in [0, 0.05) is 87.9 Å². The van der Waals surface area contributed by atoms with Crippen molar-refractivity contribution < 1.29 is 50.5 Å². The SMILES string of the molecule is CC(C)OC(=O)Nc1ccc(-c2ncc(-c3ccc(N4CC(Cc5ccccc5)OC4=O)cc3S(=O)(=O)NC(C)(C)C)s2)cc1.CC(C)OC(=O)Nc1ccc(-c2ncc(-c3ccc(NCC(O)Cc4ccccc4)cc3S(=O)(=O)NC(C)(C)C)s2)cc1. The molecular formula is C65H74N8O11S4. The molecule has 88 heavy (non-hydrogen) atoms. The lowest BCUT2D eigenvalue weighted by Gasteiger charge is -2.22. The van der Waals surface area contributed by atoms with Gasteiger partial charge in [0.15, 0.2) is 0 Å². The van der Waals surface area contributed by atoms with Crippen LogP contribution in [0, 0.1) is 0 Å². The van der Waals surface area contributed by atoms with Gasteiger partial charge in [-0.15, -0.1) is 22.7 Å². The molecule has 0 aliphatic carbocycles. The molecule has 19 nitrogen and oxygen atoms in total. The quantitative estimate of drug-likeness (QED) is 0.0388. The summed E-state index contributed by atoms with van der Waals surface area (Å²) >= 11 is 2.70. The van der Waals surface area contributed by atoms with Crippen molar-refractivity contribution in [3.63, 3.8) is 0 Å². The summed E-state index contributed by atoms with van der Waals surface area (Å²) in [5.74, 6) is 0. The van der Waals surface area contributed by atoms with Crippen molar-refractivity contribution in [2.45, 2.75) is 127 Å². The molecule has 2 unspecified atom stereocenters. The second-order valence-electron chi connectivity index (χ2n) is 23.5. The van der Waals surface area contributed by atoms with Gasteiger partial charge in [0.25, 0.3) is 0 Å². The Balaban J connectivity index is 0.000000228. The molecule has 0 spiro atoms. The number of cyclic esters (lactones) is 1. The number of nitrogens with zero attached hydrogens (tertiary/aromatic N) is 3. The van der Waals surface area contributed by atoms with Crippen LogP contribution in [-0.2, 0) is 47.1 Å². The van der Waals surface area contributed by atoms with E-state index in [0.29, 0.717) is 73.0 Å². The smallest absolute Gasteiger partial charge is 0.414 e. The zero-order valence-electron chi connectivity index (χ0n) is 50.7. The molecule has 8 aromatic rings. The zero-order chi connectivity index (χ0) is 63.6. The van der Waals surface area contributed by atoms with Crippen molar-refractivity contribution in [2.24, 2.45) is 0 Å². The third-order valence-electron chi connectivity index (χ3n) is 12.7. The maximum absolute atomic E-state index is 13.8. The number of amides is 3. The summed E-state index contributed by atoms with van der Waals surface area (Å²) in [4.78, 5) is 48.8. The molecule has 0 radical (unpaired) electrons. The highest BCUT2D eigenvalue weighted by molar-refractivity contribution is 7.90. The summed E-state index contributed by atoms with van der Waals surface area (Å²) in [5, 5.41) is 20.5. The van der Waals surface area contributed by atoms with Crippen LogP contribution in [0.1, 0.15) is 80.4 Å². The molecule has 9 rings (SSSR count). The molecule has 1 fully saturated rings. The van der Waals surface area contributed by atoms with E-state index in [9.17, 15) is 36.3 Å². The Morgan fingerprint density at radius 1 is 0.625 bits per heavy atom. The van der Waals surface area contributed by atoms with E-state index in [1.54, 1.807) is 136 Å². The van der Waals surface area contributed by atoms with Crippen molar-refractivity contribution in [3.05, 3.63) is 169 Å². The topological polar surface area (TPSA) is 257 Å². The summed E-state index contributed by atoms with van der Waals surface area (Å²) in [6.07, 6.45) is 1.27. The first-order valence-electron chi connectivity index (χ1n) is 28.5. The number of aliphatic hydroxyl groups excluding tert-OH is 1. The molecule has 2 aromatic heterocycles. The molecule has 2 atom stereocenters. The third kappa shape index (κ3) is 18.7. The maximum Gasteiger partial charge on any atom is 0.414 e. The zero-order valence-corrected chi connectivity index (χ0v) is 53.9. The van der Waals surface area contributed by atoms with Crippen molar-refractivity contribution in [3.8, 4) is 42.0 Å². The largest absolute Gasteiger partial charge is 0.447 e. The number of benzene rings is 6. The third-order valence-corrected chi connectivity index (χ3v) is 18.5. The Bertz CT molecular complexity index is 3920. The normalized spacial score (nSPS) is 14.0. The van der Waals surface area contributed by atoms with Gasteiger partial charge in [-0.05, 0) is 153 Å². The van der Waals surface area contributed by atoms with E-state index in [-0.39, 0.29) is 34.6 Å². The van der Waals surface area contributed by atoms with Crippen LogP contribution in [0.2, 0.25) is 0 Å². The Hall–Kier alpha value is -8.03. The van der Waals surface area contributed by atoms with Crippen LogP contribution in [0.4, 0.5) is 37.1 Å². The molecule has 0 saturated carbocycles. The Kier molecular flexibility index (Phi) is 21.3. The number of thiazole rings is 2. The molecule has 1 aliphatic rings. The van der Waals surface area contributed by atoms with Gasteiger partial charge in [0.05, 0.1) is 44.4 Å². The van der Waals surface area contributed by atoms with E-state index in [4.69, 9.17) is 14.2 Å². The van der Waals surface area contributed by atoms with Gasteiger partial charge < -0.3 is 24.6 Å². The van der Waals surface area contributed by atoms with Crippen LogP contribution < -0.4 is 30.3 Å². The van der Waals surface area contributed by atoms with Gasteiger partial charge in [0.1, 0.15) is 16.1 Å². The second-order valence-corrected chi connectivity index (χ2v) is 28.9. The molecule has 1 saturated heterocycles. The molecule has 0 bridgehead atoms. The summed E-state index contributed by atoms with van der Waals surface area (Å²) in [6.45, 7) is 18.3. The number of sulfonamides is 2. The van der Waals surface area contributed by atoms with E-state index in [1.165, 1.54) is 33.6 Å². The fraction of sp³-hybridized carbons (Fsp3) is 0.308. The number of hydrogen-bond acceptors (Lipinski definition) is 16. The number of hydrogen-bond donors (Lipinski definition) is 6. The molecule has 3 heterocycles. The molecular weight excluding hydrogens is 1200 g/mol. The highest BCUT2D eigenvalue weighted by atomic mass is 32.2. The number of nitrogens with one attached hydrogen (secondary N) is 5. The molecule has 6 aromatic carbocycles. The first-order valence-corrected chi connectivity index (χ1v) is 33.1. The fourth-order valence-electron chi connectivity index (χ4n) is 9.17. The van der Waals surface area contributed by atoms with Gasteiger partial charge in [-0.2, -0.15) is 0 Å². The number of rotatable bonds is 20. The van der Waals surface area contributed by atoms with Gasteiger partial charge in [-0.3, -0.25) is 15.5 Å². The first kappa shape index (κ1) is 65.9. The Morgan fingerprint density at radius 3 is 1.53 bits per heavy atom. The van der Waals surface area contributed by atoms with Gasteiger partial charge >= 0.3 is 18.3 Å². The monoisotopic (exact) mass is 1270 g/mol. The lowest BCUT2D eigenvalue weighted by Crippen LogP contribution is -2.40. The second kappa shape index (κ2) is 28.4. The standard InChI is InChI=1S/C33H36N4O6S2.C32H38N4O5S2/c1-21(2)42-31(38)35-24-13-11-23(12-14-24)30-34-19-28(44-30)27-16-15-25(18-29(27)45(40,41)36-33(3,4)5)37-20-26(43-32(37)39)17-22-9-7-6-8-10-22;1-21(2)41-31(38)35-24-13-11-23(12-14-24)30-34-20-28(42-30)27-16-15-25(18-29(27)43(39,40)36-32(3,4)5)33-19-26(37)17-22-9-7-6-8-10-22/h6-16,18-19,21,26,36H,17,20H2,1-5H3,(H,35,38);6-16,18,20-21,26,33,36-37H,17,19H2,1-5H3,(H,35,38). The number of ether oxygens (including phenoxy) is 3. The van der Waals surface area contributed by atoms with E-state index in [1.807, 2.05) is 84.9 Å². The number of aromatic nitrogens is 2. The maximum atomic E-state index is 13.8. The van der Waals surface area contributed by atoms with Gasteiger partial charge in [-0.1, -0.05) is 72.8 Å². The highest BCUT2D eigenvalue weighted by Crippen LogP contribution is 2.40. The lowest BCUT2D eigenvalue weighted by molar-refractivity contribution is 0.129. The first-order chi connectivity index (χ1) is 41.6. The fourth-order valence-corrected chi connectivity index (χ4v) is 14.5. The average Bonchev–Trinajstić information content (AvgIpc) is 2.20. The summed E-state index contributed by atoms with van der Waals surface area (Å²) in [6, 6.07) is 43.9. The van der Waals surface area contributed by atoms with E-state index >= 15 is 0 Å². The Labute approximate surface area is 523 Å². The Morgan fingerprint density at radius 2 is 1.07 bits per heavy atom. The molecule has 1 aliphatic heterocycles. The van der Waals surface area contributed by atoms with Crippen molar-refractivity contribution >= 4 is 83.7 Å². The van der Waals surface area contributed by atoms with E-state index in [2.05, 4.69) is 35.4 Å². The van der Waals surface area contributed by atoms with Crippen molar-refractivity contribution in [1.29, 1.82) is 0 Å². The van der Waals surface area contributed by atoms with Crippen LogP contribution in [0.25, 0.3) is 42.0 Å². The number of aliphatic hydroxyl groups is 1. The predicted molar refractivity (Wildman–Crippen MR) is 349 cm³/mol. The molecule has 464 valence electrons. The van der Waals surface area contributed by atoms with Gasteiger partial charge in [0.2, 0.25) is 20.0 Å². The number of carbonyl (C=O) groups excluding carboxylic acids is 3. The minimum atomic E-state index is -4.01. The molecule has 23 heteroatoms. The van der Waals surface area contributed by atoms with Crippen molar-refractivity contribution in [2.75, 3.05) is 33.9 Å². The van der Waals surface area contributed by atoms with E-state index in [0.717, 1.165) is 22.3 Å². The minimum absolute atomic E-state index is 0.0349. The van der Waals surface area contributed by atoms with Crippen LogP contribution in [0.15, 0.2) is 168 Å². The minimum Gasteiger partial charge on any atom is -0.447 e. The lowest BCUT2D eigenvalue weighted by atomic mass is 10.1. The number of carbonyl (C=O) groups is 3. The van der Waals surface area contributed by atoms with Crippen molar-refractivity contribution in [1.82, 2.24) is 19.4 Å².